The Morgan fingerprint density at radius 3 is 1.88 bits per heavy atom. The van der Waals surface area contributed by atoms with Crippen LogP contribution in [0, 0.1) is 0 Å². The summed E-state index contributed by atoms with van der Waals surface area (Å²) in [5.41, 5.74) is 0.981. The number of benzene rings is 1. The lowest BCUT2D eigenvalue weighted by Gasteiger charge is -2.14. The standard InChI is InChI=1S/C10H16N2O3S/c1-11(2)9-5-7-10(8-6-9)15-16(13,14)12(3)4/h5-8H,1-4H3. The average molecular weight is 244 g/mol. The van der Waals surface area contributed by atoms with E-state index in [2.05, 4.69) is 0 Å². The normalized spacial score (nSPS) is 11.6. The van der Waals surface area contributed by atoms with Crippen LogP contribution in [-0.2, 0) is 10.3 Å². The molecule has 0 spiro atoms. The third-order valence-electron chi connectivity index (χ3n) is 2.00. The van der Waals surface area contributed by atoms with Crippen LogP contribution in [0.5, 0.6) is 5.75 Å². The second kappa shape index (κ2) is 4.71. The van der Waals surface area contributed by atoms with Gasteiger partial charge < -0.3 is 9.08 Å². The largest absolute Gasteiger partial charge is 0.384 e. The zero-order valence-electron chi connectivity index (χ0n) is 9.84. The van der Waals surface area contributed by atoms with Crippen molar-refractivity contribution in [3.05, 3.63) is 24.3 Å². The van der Waals surface area contributed by atoms with E-state index in [0.717, 1.165) is 9.99 Å². The Kier molecular flexibility index (Phi) is 3.77. The highest BCUT2D eigenvalue weighted by Gasteiger charge is 2.15. The van der Waals surface area contributed by atoms with Gasteiger partial charge in [-0.05, 0) is 24.3 Å². The van der Waals surface area contributed by atoms with E-state index in [1.807, 2.05) is 19.0 Å². The SMILES string of the molecule is CN(C)c1ccc(OS(=O)(=O)N(C)C)cc1. The van der Waals surface area contributed by atoms with Crippen LogP contribution in [0.15, 0.2) is 24.3 Å². The molecule has 6 heteroatoms. The molecule has 0 aromatic heterocycles. The Labute approximate surface area is 96.5 Å². The molecule has 0 bridgehead atoms. The monoisotopic (exact) mass is 244 g/mol. The van der Waals surface area contributed by atoms with Gasteiger partial charge in [0.25, 0.3) is 0 Å². The summed E-state index contributed by atoms with van der Waals surface area (Å²) in [5.74, 6) is 0.305. The summed E-state index contributed by atoms with van der Waals surface area (Å²) in [6.45, 7) is 0. The molecule has 5 nitrogen and oxygen atoms in total. The van der Waals surface area contributed by atoms with E-state index in [4.69, 9.17) is 4.18 Å². The maximum absolute atomic E-state index is 11.4. The third-order valence-corrected chi connectivity index (χ3v) is 3.30. The zero-order chi connectivity index (χ0) is 12.3. The number of anilines is 1. The Morgan fingerprint density at radius 2 is 1.50 bits per heavy atom. The van der Waals surface area contributed by atoms with Gasteiger partial charge in [0.1, 0.15) is 5.75 Å². The van der Waals surface area contributed by atoms with Gasteiger partial charge in [0.15, 0.2) is 0 Å². The van der Waals surface area contributed by atoms with Crippen LogP contribution >= 0.6 is 0 Å². The molecule has 0 saturated carbocycles. The number of hydrogen-bond donors (Lipinski definition) is 0. The molecule has 0 heterocycles. The highest BCUT2D eigenvalue weighted by Crippen LogP contribution is 2.19. The van der Waals surface area contributed by atoms with E-state index in [1.54, 1.807) is 24.3 Å². The molecule has 16 heavy (non-hydrogen) atoms. The molecular formula is C10H16N2O3S. The van der Waals surface area contributed by atoms with Crippen LogP contribution in [-0.4, -0.2) is 40.9 Å². The first-order valence-corrected chi connectivity index (χ1v) is 6.09. The second-order valence-corrected chi connectivity index (χ2v) is 5.46. The third kappa shape index (κ3) is 3.11. The number of hydrogen-bond acceptors (Lipinski definition) is 4. The summed E-state index contributed by atoms with van der Waals surface area (Å²) in [6.07, 6.45) is 0. The highest BCUT2D eigenvalue weighted by atomic mass is 32.2. The molecule has 0 aliphatic heterocycles. The van der Waals surface area contributed by atoms with Crippen LogP contribution in [0.2, 0.25) is 0 Å². The fourth-order valence-corrected chi connectivity index (χ4v) is 1.50. The molecule has 0 aliphatic rings. The first-order valence-electron chi connectivity index (χ1n) is 4.72. The smallest absolute Gasteiger partial charge is 0.378 e. The van der Waals surface area contributed by atoms with Crippen LogP contribution in [0.3, 0.4) is 0 Å². The second-order valence-electron chi connectivity index (χ2n) is 3.71. The van der Waals surface area contributed by atoms with E-state index in [9.17, 15) is 8.42 Å². The Morgan fingerprint density at radius 1 is 1.00 bits per heavy atom. The Balaban J connectivity index is 2.85. The molecule has 0 fully saturated rings. The minimum absolute atomic E-state index is 0.305. The first kappa shape index (κ1) is 12.8. The molecule has 0 radical (unpaired) electrons. The van der Waals surface area contributed by atoms with Gasteiger partial charge in [-0.15, -0.1) is 0 Å². The summed E-state index contributed by atoms with van der Waals surface area (Å²) < 4.78 is 28.7. The van der Waals surface area contributed by atoms with Gasteiger partial charge >= 0.3 is 10.3 Å². The lowest BCUT2D eigenvalue weighted by Crippen LogP contribution is -2.27. The predicted octanol–water partition coefficient (Wildman–Crippen LogP) is 0.938. The van der Waals surface area contributed by atoms with Gasteiger partial charge in [0.05, 0.1) is 0 Å². The molecule has 1 aromatic carbocycles. The molecule has 0 saturated heterocycles. The molecular weight excluding hydrogens is 228 g/mol. The van der Waals surface area contributed by atoms with E-state index in [0.29, 0.717) is 5.75 Å². The van der Waals surface area contributed by atoms with E-state index >= 15 is 0 Å². The Hall–Kier alpha value is -1.27. The quantitative estimate of drug-likeness (QED) is 0.791. The van der Waals surface area contributed by atoms with Crippen LogP contribution in [0.1, 0.15) is 0 Å². The van der Waals surface area contributed by atoms with Crippen molar-refractivity contribution in [1.82, 2.24) is 4.31 Å². The summed E-state index contributed by atoms with van der Waals surface area (Å²) in [4.78, 5) is 1.92. The van der Waals surface area contributed by atoms with Crippen LogP contribution < -0.4 is 9.08 Å². The molecule has 0 atom stereocenters. The summed E-state index contributed by atoms with van der Waals surface area (Å²) in [5, 5.41) is 0. The Bertz CT molecular complexity index is 438. The van der Waals surface area contributed by atoms with Crippen molar-refractivity contribution in [3.8, 4) is 5.75 Å². The molecule has 0 amide bonds. The molecule has 0 unspecified atom stereocenters. The summed E-state index contributed by atoms with van der Waals surface area (Å²) in [7, 11) is 2.99. The summed E-state index contributed by atoms with van der Waals surface area (Å²) in [6, 6.07) is 6.83. The highest BCUT2D eigenvalue weighted by molar-refractivity contribution is 7.84. The van der Waals surface area contributed by atoms with E-state index in [1.165, 1.54) is 14.1 Å². The van der Waals surface area contributed by atoms with Gasteiger partial charge in [-0.1, -0.05) is 0 Å². The maximum atomic E-state index is 11.4. The molecule has 0 aliphatic carbocycles. The molecule has 0 N–H and O–H groups in total. The van der Waals surface area contributed by atoms with E-state index in [-0.39, 0.29) is 0 Å². The topological polar surface area (TPSA) is 49.9 Å². The van der Waals surface area contributed by atoms with Crippen molar-refractivity contribution in [2.75, 3.05) is 33.1 Å². The van der Waals surface area contributed by atoms with Gasteiger partial charge in [-0.3, -0.25) is 0 Å². The van der Waals surface area contributed by atoms with Gasteiger partial charge in [-0.25, -0.2) is 0 Å². The number of rotatable bonds is 4. The van der Waals surface area contributed by atoms with Crippen molar-refractivity contribution in [3.63, 3.8) is 0 Å². The van der Waals surface area contributed by atoms with Crippen molar-refractivity contribution in [2.24, 2.45) is 0 Å². The minimum atomic E-state index is -3.66. The van der Waals surface area contributed by atoms with Crippen LogP contribution in [0.4, 0.5) is 5.69 Å². The van der Waals surface area contributed by atoms with Crippen molar-refractivity contribution in [1.29, 1.82) is 0 Å². The molecule has 1 rings (SSSR count). The lowest BCUT2D eigenvalue weighted by molar-refractivity contribution is 0.421. The average Bonchev–Trinajstić information content (AvgIpc) is 2.17. The maximum Gasteiger partial charge on any atom is 0.384 e. The lowest BCUT2D eigenvalue weighted by atomic mass is 10.3. The fraction of sp³-hybridized carbons (Fsp3) is 0.400. The molecule has 1 aromatic rings. The summed E-state index contributed by atoms with van der Waals surface area (Å²) >= 11 is 0. The van der Waals surface area contributed by atoms with Crippen LogP contribution in [0.25, 0.3) is 0 Å². The van der Waals surface area contributed by atoms with Crippen molar-refractivity contribution >= 4 is 16.0 Å². The van der Waals surface area contributed by atoms with E-state index < -0.39 is 10.3 Å². The predicted molar refractivity (Wildman–Crippen MR) is 64.0 cm³/mol. The fourth-order valence-electron chi connectivity index (χ4n) is 0.996. The zero-order valence-corrected chi connectivity index (χ0v) is 10.7. The minimum Gasteiger partial charge on any atom is -0.378 e. The number of nitrogens with zero attached hydrogens (tertiary/aromatic N) is 2. The molecule has 90 valence electrons. The van der Waals surface area contributed by atoms with Gasteiger partial charge in [0, 0.05) is 33.9 Å². The van der Waals surface area contributed by atoms with Gasteiger partial charge in [-0.2, -0.15) is 12.7 Å². The van der Waals surface area contributed by atoms with Crippen molar-refractivity contribution < 1.29 is 12.6 Å². The van der Waals surface area contributed by atoms with Crippen molar-refractivity contribution in [2.45, 2.75) is 0 Å². The van der Waals surface area contributed by atoms with Gasteiger partial charge in [0.2, 0.25) is 0 Å². The first-order chi connectivity index (χ1) is 7.33.